The Morgan fingerprint density at radius 3 is 2.97 bits per heavy atom. The van der Waals surface area contributed by atoms with Gasteiger partial charge in [-0.2, -0.15) is 0 Å². The van der Waals surface area contributed by atoms with Crippen LogP contribution >= 0.6 is 11.8 Å². The number of carbonyl (C=O) groups is 3. The molecule has 1 aromatic rings. The van der Waals surface area contributed by atoms with Crippen LogP contribution in [0, 0.1) is 12.3 Å². The molecular formula is C21H22N2O6S. The van der Waals surface area contributed by atoms with E-state index >= 15 is 0 Å². The number of imide groups is 1. The van der Waals surface area contributed by atoms with Crippen LogP contribution in [0.1, 0.15) is 18.4 Å². The molecule has 0 unspecified atom stereocenters. The molecule has 30 heavy (non-hydrogen) atoms. The Kier molecular flexibility index (Phi) is 7.38. The predicted molar refractivity (Wildman–Crippen MR) is 112 cm³/mol. The van der Waals surface area contributed by atoms with Crippen molar-refractivity contribution in [2.24, 2.45) is 0 Å². The van der Waals surface area contributed by atoms with Gasteiger partial charge in [0.25, 0.3) is 11.1 Å². The first kappa shape index (κ1) is 21.7. The van der Waals surface area contributed by atoms with Gasteiger partial charge < -0.3 is 19.5 Å². The summed E-state index contributed by atoms with van der Waals surface area (Å²) in [6.45, 7) is 0.843. The molecule has 1 aromatic carbocycles. The first-order valence-electron chi connectivity index (χ1n) is 9.39. The summed E-state index contributed by atoms with van der Waals surface area (Å²) in [6.07, 6.45) is 8.62. The molecule has 2 aliphatic rings. The standard InChI is InChI=1S/C21H22N2O6S/c1-3-8-29-16-7-6-14(10-17(16)27-2)11-18-20(25)23(21(26)30-18)13-19(24)22-12-15-5-4-9-28-15/h1,6-7,10-11,15H,4-5,8-9,12-13H2,2H3,(H,22,24)/b18-11-/t15-/m0/s1. The quantitative estimate of drug-likeness (QED) is 0.498. The second-order valence-corrected chi connectivity index (χ2v) is 7.60. The van der Waals surface area contributed by atoms with Gasteiger partial charge in [-0.05, 0) is 48.4 Å². The van der Waals surface area contributed by atoms with Crippen LogP contribution in [0.15, 0.2) is 23.1 Å². The maximum Gasteiger partial charge on any atom is 0.294 e. The molecule has 3 amide bonds. The highest BCUT2D eigenvalue weighted by Gasteiger charge is 2.36. The van der Waals surface area contributed by atoms with Crippen LogP contribution in [0.25, 0.3) is 6.08 Å². The van der Waals surface area contributed by atoms with E-state index in [1.54, 1.807) is 24.3 Å². The van der Waals surface area contributed by atoms with Crippen LogP contribution in [-0.4, -0.2) is 61.5 Å². The molecule has 0 radical (unpaired) electrons. The number of ether oxygens (including phenoxy) is 3. The molecule has 0 aromatic heterocycles. The summed E-state index contributed by atoms with van der Waals surface area (Å²) in [5.74, 6) is 2.39. The van der Waals surface area contributed by atoms with Crippen molar-refractivity contribution in [3.8, 4) is 23.8 Å². The lowest BCUT2D eigenvalue weighted by molar-refractivity contribution is -0.129. The minimum atomic E-state index is -0.510. The van der Waals surface area contributed by atoms with E-state index in [1.165, 1.54) is 7.11 Å². The smallest absolute Gasteiger partial charge is 0.294 e. The van der Waals surface area contributed by atoms with Gasteiger partial charge in [0.05, 0.1) is 18.1 Å². The van der Waals surface area contributed by atoms with Crippen molar-refractivity contribution in [2.45, 2.75) is 18.9 Å². The van der Waals surface area contributed by atoms with E-state index in [9.17, 15) is 14.4 Å². The van der Waals surface area contributed by atoms with Gasteiger partial charge in [0.1, 0.15) is 13.2 Å². The van der Waals surface area contributed by atoms with Crippen molar-refractivity contribution in [2.75, 3.05) is 33.4 Å². The molecule has 0 bridgehead atoms. The summed E-state index contributed by atoms with van der Waals surface area (Å²) in [5, 5.41) is 2.23. The summed E-state index contributed by atoms with van der Waals surface area (Å²) in [7, 11) is 1.49. The molecule has 0 spiro atoms. The fourth-order valence-corrected chi connectivity index (χ4v) is 3.87. The van der Waals surface area contributed by atoms with Gasteiger partial charge in [-0.15, -0.1) is 6.42 Å². The van der Waals surface area contributed by atoms with Crippen molar-refractivity contribution in [3.63, 3.8) is 0 Å². The molecule has 0 saturated carbocycles. The minimum Gasteiger partial charge on any atom is -0.493 e. The molecule has 158 valence electrons. The van der Waals surface area contributed by atoms with Crippen LogP contribution in [-0.2, 0) is 14.3 Å². The van der Waals surface area contributed by atoms with Gasteiger partial charge in [-0.3, -0.25) is 19.3 Å². The zero-order valence-electron chi connectivity index (χ0n) is 16.5. The number of nitrogens with one attached hydrogen (secondary N) is 1. The average molecular weight is 430 g/mol. The predicted octanol–water partition coefficient (Wildman–Crippen LogP) is 2.04. The van der Waals surface area contributed by atoms with E-state index in [4.69, 9.17) is 20.6 Å². The first-order chi connectivity index (χ1) is 14.5. The number of amides is 3. The molecule has 2 saturated heterocycles. The fraction of sp³-hybridized carbons (Fsp3) is 0.381. The number of terminal acetylenes is 1. The van der Waals surface area contributed by atoms with Gasteiger partial charge >= 0.3 is 0 Å². The van der Waals surface area contributed by atoms with E-state index in [1.807, 2.05) is 0 Å². The lowest BCUT2D eigenvalue weighted by atomic mass is 10.2. The van der Waals surface area contributed by atoms with E-state index in [0.29, 0.717) is 30.2 Å². The highest BCUT2D eigenvalue weighted by atomic mass is 32.2. The van der Waals surface area contributed by atoms with Gasteiger partial charge in [-0.1, -0.05) is 12.0 Å². The molecule has 2 heterocycles. The third-order valence-corrected chi connectivity index (χ3v) is 5.43. The highest BCUT2D eigenvalue weighted by Crippen LogP contribution is 2.34. The molecule has 1 atom stereocenters. The maximum atomic E-state index is 12.6. The minimum absolute atomic E-state index is 0.00803. The zero-order chi connectivity index (χ0) is 21.5. The molecule has 9 heteroatoms. The second kappa shape index (κ2) is 10.2. The number of benzene rings is 1. The molecule has 0 aliphatic carbocycles. The van der Waals surface area contributed by atoms with E-state index < -0.39 is 17.1 Å². The normalized spacial score (nSPS) is 19.8. The van der Waals surface area contributed by atoms with Crippen LogP contribution < -0.4 is 14.8 Å². The van der Waals surface area contributed by atoms with Crippen LogP contribution in [0.2, 0.25) is 0 Å². The van der Waals surface area contributed by atoms with Crippen LogP contribution in [0.4, 0.5) is 4.79 Å². The molecule has 2 aliphatic heterocycles. The molecular weight excluding hydrogens is 408 g/mol. The van der Waals surface area contributed by atoms with Crippen molar-refractivity contribution >= 4 is 34.9 Å². The Morgan fingerprint density at radius 1 is 1.43 bits per heavy atom. The van der Waals surface area contributed by atoms with Gasteiger partial charge in [-0.25, -0.2) is 0 Å². The number of rotatable bonds is 8. The molecule has 8 nitrogen and oxygen atoms in total. The highest BCUT2D eigenvalue weighted by molar-refractivity contribution is 8.18. The number of hydrogen-bond donors (Lipinski definition) is 1. The summed E-state index contributed by atoms with van der Waals surface area (Å²) >= 11 is 0.789. The van der Waals surface area contributed by atoms with Crippen molar-refractivity contribution in [3.05, 3.63) is 28.7 Å². The van der Waals surface area contributed by atoms with Crippen LogP contribution in [0.3, 0.4) is 0 Å². The first-order valence-corrected chi connectivity index (χ1v) is 10.2. The van der Waals surface area contributed by atoms with Gasteiger partial charge in [0, 0.05) is 13.2 Å². The van der Waals surface area contributed by atoms with Crippen molar-refractivity contribution in [1.82, 2.24) is 10.2 Å². The third-order valence-electron chi connectivity index (χ3n) is 4.52. The molecule has 1 N–H and O–H groups in total. The van der Waals surface area contributed by atoms with Gasteiger partial charge in [0.2, 0.25) is 5.91 Å². The molecule has 2 fully saturated rings. The monoisotopic (exact) mass is 430 g/mol. The molecule has 3 rings (SSSR count). The summed E-state index contributed by atoms with van der Waals surface area (Å²) in [4.78, 5) is 38.1. The number of nitrogens with zero attached hydrogens (tertiary/aromatic N) is 1. The fourth-order valence-electron chi connectivity index (χ4n) is 3.03. The lowest BCUT2D eigenvalue weighted by Gasteiger charge is -2.14. The summed E-state index contributed by atoms with van der Waals surface area (Å²) in [6, 6.07) is 5.07. The number of carbonyl (C=O) groups excluding carboxylic acids is 3. The Hall–Kier alpha value is -2.96. The number of methoxy groups -OCH3 is 1. The van der Waals surface area contributed by atoms with Crippen molar-refractivity contribution < 1.29 is 28.6 Å². The second-order valence-electron chi connectivity index (χ2n) is 6.61. The SMILES string of the molecule is C#CCOc1ccc(/C=C2\SC(=O)N(CC(=O)NC[C@@H]3CCCO3)C2=O)cc1OC. The van der Waals surface area contributed by atoms with E-state index in [-0.39, 0.29) is 24.2 Å². The third kappa shape index (κ3) is 5.34. The Balaban J connectivity index is 1.64. The number of thioether (sulfide) groups is 1. The Bertz CT molecular complexity index is 901. The summed E-state index contributed by atoms with van der Waals surface area (Å²) in [5.41, 5.74) is 0.647. The number of hydrogen-bond acceptors (Lipinski definition) is 7. The van der Waals surface area contributed by atoms with E-state index in [2.05, 4.69) is 11.2 Å². The van der Waals surface area contributed by atoms with Gasteiger partial charge in [0.15, 0.2) is 11.5 Å². The van der Waals surface area contributed by atoms with Crippen molar-refractivity contribution in [1.29, 1.82) is 0 Å². The van der Waals surface area contributed by atoms with Crippen LogP contribution in [0.5, 0.6) is 11.5 Å². The Morgan fingerprint density at radius 2 is 2.27 bits per heavy atom. The Labute approximate surface area is 178 Å². The topological polar surface area (TPSA) is 94.2 Å². The lowest BCUT2D eigenvalue weighted by Crippen LogP contribution is -2.41. The zero-order valence-corrected chi connectivity index (χ0v) is 17.3. The summed E-state index contributed by atoms with van der Waals surface area (Å²) < 4.78 is 16.1. The van der Waals surface area contributed by atoms with E-state index in [0.717, 1.165) is 29.5 Å². The maximum absolute atomic E-state index is 12.6. The average Bonchev–Trinajstić information content (AvgIpc) is 3.35. The largest absolute Gasteiger partial charge is 0.493 e.